The molecule has 1 aliphatic rings. The van der Waals surface area contributed by atoms with Crippen molar-refractivity contribution in [1.82, 2.24) is 14.3 Å². The Kier molecular flexibility index (Phi) is 7.60. The summed E-state index contributed by atoms with van der Waals surface area (Å²) in [6.07, 6.45) is 4.87. The predicted octanol–water partition coefficient (Wildman–Crippen LogP) is 2.11. The highest BCUT2D eigenvalue weighted by Gasteiger charge is 2.31. The zero-order chi connectivity index (χ0) is 15.9. The van der Waals surface area contributed by atoms with Crippen molar-refractivity contribution in [2.24, 2.45) is 5.92 Å². The number of rotatable bonds is 9. The Hall–Kier alpha value is -0.170. The molecule has 0 unspecified atom stereocenters. The zero-order valence-electron chi connectivity index (χ0n) is 14.1. The molecule has 0 aliphatic carbocycles. The summed E-state index contributed by atoms with van der Waals surface area (Å²) in [7, 11) is -3.35. The molecule has 0 aromatic rings. The molecule has 0 aromatic carbocycles. The van der Waals surface area contributed by atoms with Gasteiger partial charge in [0.2, 0.25) is 0 Å². The summed E-state index contributed by atoms with van der Waals surface area (Å²) in [6.45, 7) is 11.5. The molecule has 5 nitrogen and oxygen atoms in total. The third-order valence-electron chi connectivity index (χ3n) is 4.05. The Bertz CT molecular complexity index is 388. The monoisotopic (exact) mass is 319 g/mol. The maximum absolute atomic E-state index is 12.4. The van der Waals surface area contributed by atoms with Gasteiger partial charge in [-0.15, -0.1) is 0 Å². The van der Waals surface area contributed by atoms with Crippen LogP contribution in [0.15, 0.2) is 0 Å². The molecule has 21 heavy (non-hydrogen) atoms. The van der Waals surface area contributed by atoms with E-state index in [0.717, 1.165) is 45.2 Å². The van der Waals surface area contributed by atoms with Crippen molar-refractivity contribution in [3.05, 3.63) is 0 Å². The quantitative estimate of drug-likeness (QED) is 0.640. The molecule has 0 atom stereocenters. The minimum absolute atomic E-state index is 0.368. The van der Waals surface area contributed by atoms with Crippen LogP contribution >= 0.6 is 0 Å². The summed E-state index contributed by atoms with van der Waals surface area (Å²) in [5.74, 6) is 0.603. The Morgan fingerprint density at radius 3 is 2.29 bits per heavy atom. The lowest BCUT2D eigenvalue weighted by atomic mass is 9.98. The highest BCUT2D eigenvalue weighted by atomic mass is 32.2. The fraction of sp³-hybridized carbons (Fsp3) is 1.00. The van der Waals surface area contributed by atoms with Gasteiger partial charge < -0.3 is 5.32 Å². The lowest BCUT2D eigenvalue weighted by Gasteiger charge is -2.34. The standard InChI is InChI=1S/C15H33N3O2S/c1-5-9-15(3,4)17-21(19,20)18-11-7-14(8-12-18)13-16-10-6-2/h14,16-17H,5-13H2,1-4H3. The maximum Gasteiger partial charge on any atom is 0.279 e. The van der Waals surface area contributed by atoms with Gasteiger partial charge in [-0.1, -0.05) is 20.3 Å². The highest BCUT2D eigenvalue weighted by Crippen LogP contribution is 2.20. The molecule has 1 fully saturated rings. The molecule has 0 amide bonds. The summed E-state index contributed by atoms with van der Waals surface area (Å²) in [6, 6.07) is 0. The maximum atomic E-state index is 12.4. The molecular weight excluding hydrogens is 286 g/mol. The lowest BCUT2D eigenvalue weighted by molar-refractivity contribution is 0.260. The summed E-state index contributed by atoms with van der Waals surface area (Å²) in [4.78, 5) is 0. The van der Waals surface area contributed by atoms with E-state index in [2.05, 4.69) is 23.9 Å². The third-order valence-corrected chi connectivity index (χ3v) is 5.91. The van der Waals surface area contributed by atoms with Gasteiger partial charge in [-0.3, -0.25) is 0 Å². The van der Waals surface area contributed by atoms with E-state index in [0.29, 0.717) is 19.0 Å². The first-order valence-electron chi connectivity index (χ1n) is 8.30. The molecule has 0 spiro atoms. The van der Waals surface area contributed by atoms with E-state index in [9.17, 15) is 8.42 Å². The molecule has 126 valence electrons. The highest BCUT2D eigenvalue weighted by molar-refractivity contribution is 7.87. The smallest absolute Gasteiger partial charge is 0.279 e. The van der Waals surface area contributed by atoms with E-state index in [1.165, 1.54) is 0 Å². The second kappa shape index (κ2) is 8.46. The van der Waals surface area contributed by atoms with Crippen LogP contribution < -0.4 is 10.0 Å². The third kappa shape index (κ3) is 6.63. The van der Waals surface area contributed by atoms with Crippen LogP contribution in [0.2, 0.25) is 0 Å². The van der Waals surface area contributed by atoms with Crippen molar-refractivity contribution >= 4 is 10.2 Å². The Labute approximate surface area is 131 Å². The molecule has 1 saturated heterocycles. The Morgan fingerprint density at radius 1 is 1.14 bits per heavy atom. The molecule has 6 heteroatoms. The summed E-state index contributed by atoms with van der Waals surface area (Å²) in [5.41, 5.74) is -0.368. The van der Waals surface area contributed by atoms with E-state index in [-0.39, 0.29) is 5.54 Å². The van der Waals surface area contributed by atoms with Crippen LogP contribution in [-0.4, -0.2) is 44.4 Å². The second-order valence-corrected chi connectivity index (χ2v) is 8.46. The van der Waals surface area contributed by atoms with E-state index in [1.54, 1.807) is 4.31 Å². The molecule has 1 rings (SSSR count). The van der Waals surface area contributed by atoms with Crippen molar-refractivity contribution in [2.45, 2.75) is 65.3 Å². The average molecular weight is 320 g/mol. The topological polar surface area (TPSA) is 61.4 Å². The summed E-state index contributed by atoms with van der Waals surface area (Å²) < 4.78 is 29.3. The van der Waals surface area contributed by atoms with Crippen LogP contribution in [0.5, 0.6) is 0 Å². The van der Waals surface area contributed by atoms with Gasteiger partial charge in [0.05, 0.1) is 0 Å². The largest absolute Gasteiger partial charge is 0.316 e. The SMILES string of the molecule is CCCNCC1CCN(S(=O)(=O)NC(C)(C)CCC)CC1. The van der Waals surface area contributed by atoms with Crippen LogP contribution in [0, 0.1) is 5.92 Å². The van der Waals surface area contributed by atoms with Gasteiger partial charge in [0, 0.05) is 18.6 Å². The van der Waals surface area contributed by atoms with Crippen molar-refractivity contribution in [3.63, 3.8) is 0 Å². The number of nitrogens with one attached hydrogen (secondary N) is 2. The van der Waals surface area contributed by atoms with E-state index in [1.807, 2.05) is 13.8 Å². The van der Waals surface area contributed by atoms with Crippen molar-refractivity contribution < 1.29 is 8.42 Å². The van der Waals surface area contributed by atoms with E-state index >= 15 is 0 Å². The first kappa shape index (κ1) is 18.9. The lowest BCUT2D eigenvalue weighted by Crippen LogP contribution is -2.52. The Balaban J connectivity index is 2.45. The second-order valence-electron chi connectivity index (χ2n) is 6.79. The molecule has 0 saturated carbocycles. The van der Waals surface area contributed by atoms with Crippen LogP contribution in [0.3, 0.4) is 0 Å². The molecule has 1 heterocycles. The van der Waals surface area contributed by atoms with Gasteiger partial charge in [0.1, 0.15) is 0 Å². The molecular formula is C15H33N3O2S. The molecule has 0 radical (unpaired) electrons. The fourth-order valence-electron chi connectivity index (χ4n) is 2.93. The van der Waals surface area contributed by atoms with Crippen molar-refractivity contribution in [3.8, 4) is 0 Å². The summed E-state index contributed by atoms with van der Waals surface area (Å²) in [5, 5.41) is 3.43. The minimum Gasteiger partial charge on any atom is -0.316 e. The predicted molar refractivity (Wildman–Crippen MR) is 88.5 cm³/mol. The number of hydrogen-bond acceptors (Lipinski definition) is 3. The minimum atomic E-state index is -3.35. The molecule has 0 bridgehead atoms. The molecule has 1 aliphatic heterocycles. The normalized spacial score (nSPS) is 19.0. The van der Waals surface area contributed by atoms with Crippen LogP contribution in [-0.2, 0) is 10.2 Å². The van der Waals surface area contributed by atoms with Crippen LogP contribution in [0.1, 0.15) is 59.8 Å². The van der Waals surface area contributed by atoms with Gasteiger partial charge in [-0.25, -0.2) is 0 Å². The van der Waals surface area contributed by atoms with Gasteiger partial charge >= 0.3 is 0 Å². The van der Waals surface area contributed by atoms with Gasteiger partial charge in [0.15, 0.2) is 0 Å². The number of hydrogen-bond donors (Lipinski definition) is 2. The number of piperidine rings is 1. The molecule has 2 N–H and O–H groups in total. The van der Waals surface area contributed by atoms with E-state index < -0.39 is 10.2 Å². The average Bonchev–Trinajstić information content (AvgIpc) is 2.38. The van der Waals surface area contributed by atoms with Gasteiger partial charge in [-0.2, -0.15) is 17.4 Å². The first-order chi connectivity index (χ1) is 9.80. The zero-order valence-corrected chi connectivity index (χ0v) is 14.9. The fourth-order valence-corrected chi connectivity index (χ4v) is 4.55. The first-order valence-corrected chi connectivity index (χ1v) is 9.74. The van der Waals surface area contributed by atoms with E-state index in [4.69, 9.17) is 0 Å². The molecule has 0 aromatic heterocycles. The van der Waals surface area contributed by atoms with Crippen LogP contribution in [0.25, 0.3) is 0 Å². The Morgan fingerprint density at radius 2 is 1.76 bits per heavy atom. The van der Waals surface area contributed by atoms with Gasteiger partial charge in [-0.05, 0) is 58.5 Å². The summed E-state index contributed by atoms with van der Waals surface area (Å²) >= 11 is 0. The van der Waals surface area contributed by atoms with Crippen LogP contribution in [0.4, 0.5) is 0 Å². The van der Waals surface area contributed by atoms with Gasteiger partial charge in [0.25, 0.3) is 10.2 Å². The number of nitrogens with zero attached hydrogens (tertiary/aromatic N) is 1. The van der Waals surface area contributed by atoms with Crippen molar-refractivity contribution in [1.29, 1.82) is 0 Å². The van der Waals surface area contributed by atoms with Crippen molar-refractivity contribution in [2.75, 3.05) is 26.2 Å².